The van der Waals surface area contributed by atoms with E-state index >= 15 is 0 Å². The van der Waals surface area contributed by atoms with Gasteiger partial charge in [-0.3, -0.25) is 4.79 Å². The lowest BCUT2D eigenvalue weighted by Crippen LogP contribution is -2.45. The molecule has 0 spiro atoms. The van der Waals surface area contributed by atoms with Crippen molar-refractivity contribution in [1.82, 2.24) is 10.2 Å². The maximum atomic E-state index is 10.6. The molecule has 0 aromatic heterocycles. The molecule has 76 valence electrons. The Kier molecular flexibility index (Phi) is 4.18. The molecule has 4 nitrogen and oxygen atoms in total. The van der Waals surface area contributed by atoms with Gasteiger partial charge >= 0.3 is 0 Å². The van der Waals surface area contributed by atoms with E-state index in [2.05, 4.69) is 17.1 Å². The van der Waals surface area contributed by atoms with Gasteiger partial charge in [-0.05, 0) is 5.92 Å². The van der Waals surface area contributed by atoms with Crippen LogP contribution >= 0.6 is 0 Å². The molecule has 1 aliphatic heterocycles. The fourth-order valence-electron chi connectivity index (χ4n) is 1.74. The largest absolute Gasteiger partial charge is 0.370 e. The predicted octanol–water partition coefficient (Wildman–Crippen LogP) is -0.597. The van der Waals surface area contributed by atoms with Crippen LogP contribution in [0.15, 0.2) is 0 Å². The molecule has 1 rings (SSSR count). The summed E-state index contributed by atoms with van der Waals surface area (Å²) in [6.45, 7) is 7.36. The fraction of sp³-hybridized carbons (Fsp3) is 0.889. The topological polar surface area (TPSA) is 58.4 Å². The number of carbonyl (C=O) groups is 1. The van der Waals surface area contributed by atoms with Crippen LogP contribution in [0, 0.1) is 5.92 Å². The van der Waals surface area contributed by atoms with E-state index in [0.717, 1.165) is 32.7 Å². The van der Waals surface area contributed by atoms with Crippen molar-refractivity contribution >= 4 is 5.91 Å². The summed E-state index contributed by atoms with van der Waals surface area (Å²) in [5.41, 5.74) is 5.13. The molecule has 4 heteroatoms. The first-order chi connectivity index (χ1) is 6.18. The smallest absolute Gasteiger partial charge is 0.217 e. The maximum absolute atomic E-state index is 10.6. The lowest BCUT2D eigenvalue weighted by Gasteiger charge is -2.29. The van der Waals surface area contributed by atoms with E-state index in [4.69, 9.17) is 5.73 Å². The van der Waals surface area contributed by atoms with Crippen molar-refractivity contribution in [3.63, 3.8) is 0 Å². The third kappa shape index (κ3) is 4.24. The lowest BCUT2D eigenvalue weighted by atomic mass is 10.1. The summed E-state index contributed by atoms with van der Waals surface area (Å²) < 4.78 is 0. The molecule has 0 aliphatic carbocycles. The van der Waals surface area contributed by atoms with Crippen molar-refractivity contribution in [1.29, 1.82) is 0 Å². The monoisotopic (exact) mass is 185 g/mol. The molecule has 0 aromatic carbocycles. The molecule has 1 saturated heterocycles. The van der Waals surface area contributed by atoms with Crippen LogP contribution in [0.25, 0.3) is 0 Å². The molecule has 1 unspecified atom stereocenters. The second kappa shape index (κ2) is 5.19. The molecule has 1 atom stereocenters. The summed E-state index contributed by atoms with van der Waals surface area (Å²) in [7, 11) is 0. The zero-order chi connectivity index (χ0) is 9.68. The SMILES string of the molecule is CC(CC(N)=O)CN1CCNCC1. The molecule has 3 N–H and O–H groups in total. The van der Waals surface area contributed by atoms with Crippen molar-refractivity contribution in [3.05, 3.63) is 0 Å². The van der Waals surface area contributed by atoms with Crippen LogP contribution in [0.1, 0.15) is 13.3 Å². The summed E-state index contributed by atoms with van der Waals surface area (Å²) >= 11 is 0. The number of piperazine rings is 1. The van der Waals surface area contributed by atoms with Crippen molar-refractivity contribution in [2.24, 2.45) is 11.7 Å². The highest BCUT2D eigenvalue weighted by atomic mass is 16.1. The van der Waals surface area contributed by atoms with Crippen molar-refractivity contribution < 1.29 is 4.79 Å². The molecule has 0 saturated carbocycles. The van der Waals surface area contributed by atoms with Gasteiger partial charge in [-0.25, -0.2) is 0 Å². The number of nitrogens with one attached hydrogen (secondary N) is 1. The number of nitrogens with zero attached hydrogens (tertiary/aromatic N) is 1. The van der Waals surface area contributed by atoms with Crippen molar-refractivity contribution in [2.75, 3.05) is 32.7 Å². The molecule has 13 heavy (non-hydrogen) atoms. The first kappa shape index (κ1) is 10.5. The third-order valence-electron chi connectivity index (χ3n) is 2.33. The summed E-state index contributed by atoms with van der Waals surface area (Å²) in [5.74, 6) is 0.193. The number of hydrogen-bond donors (Lipinski definition) is 2. The average molecular weight is 185 g/mol. The molecule has 0 radical (unpaired) electrons. The quantitative estimate of drug-likeness (QED) is 0.615. The molecule has 0 aromatic rings. The fourth-order valence-corrected chi connectivity index (χ4v) is 1.74. The van der Waals surface area contributed by atoms with Gasteiger partial charge in [-0.15, -0.1) is 0 Å². The van der Waals surface area contributed by atoms with E-state index < -0.39 is 0 Å². The molecular weight excluding hydrogens is 166 g/mol. The van der Waals surface area contributed by atoms with E-state index in [9.17, 15) is 4.79 Å². The predicted molar refractivity (Wildman–Crippen MR) is 52.3 cm³/mol. The zero-order valence-corrected chi connectivity index (χ0v) is 8.25. The minimum absolute atomic E-state index is 0.192. The third-order valence-corrected chi connectivity index (χ3v) is 2.33. The minimum Gasteiger partial charge on any atom is -0.370 e. The Morgan fingerprint density at radius 3 is 2.69 bits per heavy atom. The van der Waals surface area contributed by atoms with Crippen LogP contribution in [-0.4, -0.2) is 43.5 Å². The number of rotatable bonds is 4. The zero-order valence-electron chi connectivity index (χ0n) is 8.25. The molecule has 0 bridgehead atoms. The molecule has 1 aliphatic rings. The van der Waals surface area contributed by atoms with E-state index in [-0.39, 0.29) is 5.91 Å². The Morgan fingerprint density at radius 2 is 2.15 bits per heavy atom. The first-order valence-electron chi connectivity index (χ1n) is 4.90. The highest BCUT2D eigenvalue weighted by molar-refractivity contribution is 5.73. The van der Waals surface area contributed by atoms with E-state index in [1.165, 1.54) is 0 Å². The van der Waals surface area contributed by atoms with Gasteiger partial charge in [0.25, 0.3) is 0 Å². The average Bonchev–Trinajstić information content (AvgIpc) is 2.04. The Labute approximate surface area is 79.5 Å². The molecule has 1 heterocycles. The van der Waals surface area contributed by atoms with Crippen LogP contribution in [0.5, 0.6) is 0 Å². The lowest BCUT2D eigenvalue weighted by molar-refractivity contribution is -0.118. The highest BCUT2D eigenvalue weighted by Gasteiger charge is 2.13. The number of carbonyl (C=O) groups excluding carboxylic acids is 1. The van der Waals surface area contributed by atoms with Gasteiger partial charge in [0.05, 0.1) is 0 Å². The minimum atomic E-state index is -0.192. The Balaban J connectivity index is 2.18. The Bertz CT molecular complexity index is 166. The van der Waals surface area contributed by atoms with Crippen LogP contribution in [0.4, 0.5) is 0 Å². The second-order valence-corrected chi connectivity index (χ2v) is 3.83. The van der Waals surface area contributed by atoms with Gasteiger partial charge in [0.2, 0.25) is 5.91 Å². The van der Waals surface area contributed by atoms with Crippen molar-refractivity contribution in [3.8, 4) is 0 Å². The molecular formula is C9H19N3O. The molecule has 1 amide bonds. The summed E-state index contributed by atoms with van der Waals surface area (Å²) in [4.78, 5) is 13.0. The Hall–Kier alpha value is -0.610. The highest BCUT2D eigenvalue weighted by Crippen LogP contribution is 2.04. The van der Waals surface area contributed by atoms with Gasteiger partial charge in [0.1, 0.15) is 0 Å². The van der Waals surface area contributed by atoms with Crippen LogP contribution in [-0.2, 0) is 4.79 Å². The number of nitrogens with two attached hydrogens (primary N) is 1. The van der Waals surface area contributed by atoms with E-state index in [0.29, 0.717) is 12.3 Å². The normalized spacial score (nSPS) is 21.3. The van der Waals surface area contributed by atoms with Gasteiger partial charge in [0.15, 0.2) is 0 Å². The van der Waals surface area contributed by atoms with Gasteiger partial charge in [0, 0.05) is 39.1 Å². The van der Waals surface area contributed by atoms with Gasteiger partial charge < -0.3 is 16.0 Å². The maximum Gasteiger partial charge on any atom is 0.217 e. The van der Waals surface area contributed by atoms with Crippen molar-refractivity contribution in [2.45, 2.75) is 13.3 Å². The van der Waals surface area contributed by atoms with Crippen LogP contribution in [0.3, 0.4) is 0 Å². The summed E-state index contributed by atoms with van der Waals surface area (Å²) in [5, 5.41) is 3.30. The van der Waals surface area contributed by atoms with E-state index in [1.807, 2.05) is 0 Å². The van der Waals surface area contributed by atoms with Gasteiger partial charge in [-0.2, -0.15) is 0 Å². The van der Waals surface area contributed by atoms with E-state index in [1.54, 1.807) is 0 Å². The standard InChI is InChI=1S/C9H19N3O/c1-8(6-9(10)13)7-12-4-2-11-3-5-12/h8,11H,2-7H2,1H3,(H2,10,13). The first-order valence-corrected chi connectivity index (χ1v) is 4.90. The number of hydrogen-bond acceptors (Lipinski definition) is 3. The van der Waals surface area contributed by atoms with Crippen LogP contribution in [0.2, 0.25) is 0 Å². The molecule has 1 fully saturated rings. The Morgan fingerprint density at radius 1 is 1.54 bits per heavy atom. The summed E-state index contributed by atoms with van der Waals surface area (Å²) in [6, 6.07) is 0. The number of amides is 1. The number of primary amides is 1. The second-order valence-electron chi connectivity index (χ2n) is 3.83. The van der Waals surface area contributed by atoms with Gasteiger partial charge in [-0.1, -0.05) is 6.92 Å². The summed E-state index contributed by atoms with van der Waals surface area (Å²) in [6.07, 6.45) is 0.504. The van der Waals surface area contributed by atoms with Crippen LogP contribution < -0.4 is 11.1 Å².